The summed E-state index contributed by atoms with van der Waals surface area (Å²) in [5.41, 5.74) is 0. The largest absolute Gasteiger partial charge is 0.497 e. The number of aromatic nitrogens is 2. The molecule has 1 amide bonds. The van der Waals surface area contributed by atoms with Gasteiger partial charge in [-0.3, -0.25) is 4.79 Å². The lowest BCUT2D eigenvalue weighted by Gasteiger charge is -2.32. The molecule has 3 rings (SSSR count). The summed E-state index contributed by atoms with van der Waals surface area (Å²) in [6.45, 7) is 1.24. The molecule has 0 spiro atoms. The molecule has 132 valence electrons. The molecular weight excluding hydrogens is 322 g/mol. The number of carbonyl (C=O) groups is 1. The van der Waals surface area contributed by atoms with Crippen molar-refractivity contribution in [3.05, 3.63) is 42.9 Å². The molecule has 0 aliphatic carbocycles. The first-order valence-electron chi connectivity index (χ1n) is 8.22. The lowest BCUT2D eigenvalue weighted by Crippen LogP contribution is -2.46. The van der Waals surface area contributed by atoms with Crippen LogP contribution in [0.3, 0.4) is 0 Å². The van der Waals surface area contributed by atoms with E-state index in [1.54, 1.807) is 36.4 Å². The number of amides is 1. The highest BCUT2D eigenvalue weighted by atomic mass is 16.5. The third kappa shape index (κ3) is 4.82. The Balaban J connectivity index is 1.51. The number of piperidine rings is 1. The molecule has 2 heterocycles. The Kier molecular flexibility index (Phi) is 5.66. The quantitative estimate of drug-likeness (QED) is 0.798. The molecule has 7 nitrogen and oxygen atoms in total. The van der Waals surface area contributed by atoms with Gasteiger partial charge in [-0.1, -0.05) is 6.07 Å². The van der Waals surface area contributed by atoms with E-state index in [4.69, 9.17) is 14.2 Å². The van der Waals surface area contributed by atoms with Crippen LogP contribution >= 0.6 is 0 Å². The van der Waals surface area contributed by atoms with Crippen molar-refractivity contribution in [3.8, 4) is 17.4 Å². The molecular formula is C18H21N3O4. The van der Waals surface area contributed by atoms with Gasteiger partial charge in [0.2, 0.25) is 5.88 Å². The Hall–Kier alpha value is -2.83. The number of carbonyl (C=O) groups excluding carboxylic acids is 1. The van der Waals surface area contributed by atoms with Crippen LogP contribution in [-0.2, 0) is 4.79 Å². The predicted octanol–water partition coefficient (Wildman–Crippen LogP) is 1.93. The summed E-state index contributed by atoms with van der Waals surface area (Å²) in [5, 5.41) is 0. The lowest BCUT2D eigenvalue weighted by molar-refractivity contribution is -0.136. The summed E-state index contributed by atoms with van der Waals surface area (Å²) in [4.78, 5) is 22.1. The van der Waals surface area contributed by atoms with Crippen molar-refractivity contribution in [1.29, 1.82) is 0 Å². The topological polar surface area (TPSA) is 73.8 Å². The van der Waals surface area contributed by atoms with Gasteiger partial charge in [0.25, 0.3) is 5.91 Å². The van der Waals surface area contributed by atoms with Gasteiger partial charge in [0.05, 0.1) is 13.7 Å². The molecule has 1 saturated heterocycles. The number of hydrogen-bond donors (Lipinski definition) is 0. The van der Waals surface area contributed by atoms with Crippen LogP contribution in [-0.4, -0.2) is 53.7 Å². The molecule has 7 heteroatoms. The Labute approximate surface area is 146 Å². The number of rotatable bonds is 6. The summed E-state index contributed by atoms with van der Waals surface area (Å²) < 4.78 is 16.6. The minimum Gasteiger partial charge on any atom is -0.497 e. The van der Waals surface area contributed by atoms with Gasteiger partial charge < -0.3 is 19.1 Å². The van der Waals surface area contributed by atoms with Crippen molar-refractivity contribution < 1.29 is 19.0 Å². The molecule has 1 aliphatic rings. The zero-order valence-electron chi connectivity index (χ0n) is 14.1. The Morgan fingerprint density at radius 1 is 1.32 bits per heavy atom. The minimum atomic E-state index is -0.0654. The van der Waals surface area contributed by atoms with Gasteiger partial charge in [-0.2, -0.15) is 0 Å². The van der Waals surface area contributed by atoms with Gasteiger partial charge in [-0.25, -0.2) is 9.97 Å². The van der Waals surface area contributed by atoms with Crippen LogP contribution in [0.25, 0.3) is 0 Å². The summed E-state index contributed by atoms with van der Waals surface area (Å²) in [7, 11) is 1.59. The van der Waals surface area contributed by atoms with E-state index in [1.165, 1.54) is 6.33 Å². The summed E-state index contributed by atoms with van der Waals surface area (Å²) in [6, 6.07) is 8.92. The molecule has 25 heavy (non-hydrogen) atoms. The molecule has 1 unspecified atom stereocenters. The summed E-state index contributed by atoms with van der Waals surface area (Å²) >= 11 is 0. The smallest absolute Gasteiger partial charge is 0.260 e. The zero-order chi connectivity index (χ0) is 17.5. The Morgan fingerprint density at radius 2 is 2.20 bits per heavy atom. The first-order valence-corrected chi connectivity index (χ1v) is 8.22. The van der Waals surface area contributed by atoms with E-state index in [0.717, 1.165) is 12.8 Å². The molecule has 0 bridgehead atoms. The maximum absolute atomic E-state index is 12.4. The van der Waals surface area contributed by atoms with Crippen LogP contribution in [0.1, 0.15) is 12.8 Å². The Bertz CT molecular complexity index is 696. The molecule has 1 aromatic carbocycles. The van der Waals surface area contributed by atoms with E-state index in [9.17, 15) is 4.79 Å². The van der Waals surface area contributed by atoms with E-state index in [1.807, 2.05) is 12.1 Å². The molecule has 1 atom stereocenters. The second-order valence-electron chi connectivity index (χ2n) is 5.74. The fraction of sp³-hybridized carbons (Fsp3) is 0.389. The van der Waals surface area contributed by atoms with Gasteiger partial charge in [-0.15, -0.1) is 0 Å². The van der Waals surface area contributed by atoms with Crippen LogP contribution in [0.15, 0.2) is 42.9 Å². The molecule has 0 radical (unpaired) electrons. The van der Waals surface area contributed by atoms with Crippen molar-refractivity contribution in [2.45, 2.75) is 18.9 Å². The van der Waals surface area contributed by atoms with E-state index in [-0.39, 0.29) is 18.6 Å². The average molecular weight is 343 g/mol. The second-order valence-corrected chi connectivity index (χ2v) is 5.74. The fourth-order valence-corrected chi connectivity index (χ4v) is 2.71. The van der Waals surface area contributed by atoms with Gasteiger partial charge in [-0.05, 0) is 25.0 Å². The fourth-order valence-electron chi connectivity index (χ4n) is 2.71. The predicted molar refractivity (Wildman–Crippen MR) is 90.8 cm³/mol. The van der Waals surface area contributed by atoms with Crippen LogP contribution < -0.4 is 14.2 Å². The van der Waals surface area contributed by atoms with E-state index < -0.39 is 0 Å². The number of ether oxygens (including phenoxy) is 3. The normalized spacial score (nSPS) is 17.0. The number of methoxy groups -OCH3 is 1. The molecule has 1 aliphatic heterocycles. The molecule has 1 aromatic heterocycles. The number of nitrogens with zero attached hydrogens (tertiary/aromatic N) is 3. The van der Waals surface area contributed by atoms with Crippen molar-refractivity contribution in [2.24, 2.45) is 0 Å². The van der Waals surface area contributed by atoms with Gasteiger partial charge in [0.15, 0.2) is 6.61 Å². The SMILES string of the molecule is COc1cccc(OCC(=O)N2CCCC(Oc3ccncn3)C2)c1. The highest BCUT2D eigenvalue weighted by Crippen LogP contribution is 2.20. The standard InChI is InChI=1S/C18H21N3O4/c1-23-14-4-2-5-15(10-14)24-12-18(22)21-9-3-6-16(11-21)25-17-7-8-19-13-20-17/h2,4-5,7-8,10,13,16H,3,6,9,11-12H2,1H3. The first kappa shape index (κ1) is 17.0. The van der Waals surface area contributed by atoms with Gasteiger partial charge in [0, 0.05) is 24.9 Å². The molecule has 0 N–H and O–H groups in total. The molecule has 1 fully saturated rings. The highest BCUT2D eigenvalue weighted by Gasteiger charge is 2.25. The third-order valence-corrected chi connectivity index (χ3v) is 3.98. The van der Waals surface area contributed by atoms with E-state index >= 15 is 0 Å². The average Bonchev–Trinajstić information content (AvgIpc) is 2.67. The Morgan fingerprint density at radius 3 is 3.00 bits per heavy atom. The second kappa shape index (κ2) is 8.32. The van der Waals surface area contributed by atoms with Crippen LogP contribution in [0.2, 0.25) is 0 Å². The maximum atomic E-state index is 12.4. The number of benzene rings is 1. The van der Waals surface area contributed by atoms with Crippen LogP contribution in [0.4, 0.5) is 0 Å². The third-order valence-electron chi connectivity index (χ3n) is 3.98. The molecule has 0 saturated carbocycles. The summed E-state index contributed by atoms with van der Waals surface area (Å²) in [5.74, 6) is 1.78. The number of hydrogen-bond acceptors (Lipinski definition) is 6. The maximum Gasteiger partial charge on any atom is 0.260 e. The highest BCUT2D eigenvalue weighted by molar-refractivity contribution is 5.78. The van der Waals surface area contributed by atoms with Crippen molar-refractivity contribution in [1.82, 2.24) is 14.9 Å². The minimum absolute atomic E-state index is 0.00655. The van der Waals surface area contributed by atoms with Crippen LogP contribution in [0.5, 0.6) is 17.4 Å². The lowest BCUT2D eigenvalue weighted by atomic mass is 10.1. The summed E-state index contributed by atoms with van der Waals surface area (Å²) in [6.07, 6.45) is 4.80. The number of likely N-dealkylation sites (tertiary alicyclic amines) is 1. The molecule has 2 aromatic rings. The van der Waals surface area contributed by atoms with E-state index in [0.29, 0.717) is 30.5 Å². The first-order chi connectivity index (χ1) is 12.2. The van der Waals surface area contributed by atoms with Gasteiger partial charge in [0.1, 0.15) is 23.9 Å². The monoisotopic (exact) mass is 343 g/mol. The zero-order valence-corrected chi connectivity index (χ0v) is 14.1. The van der Waals surface area contributed by atoms with Gasteiger partial charge >= 0.3 is 0 Å². The van der Waals surface area contributed by atoms with Crippen LogP contribution in [0, 0.1) is 0 Å². The van der Waals surface area contributed by atoms with Crippen molar-refractivity contribution in [2.75, 3.05) is 26.8 Å². The van der Waals surface area contributed by atoms with Crippen molar-refractivity contribution >= 4 is 5.91 Å². The van der Waals surface area contributed by atoms with E-state index in [2.05, 4.69) is 9.97 Å². The van der Waals surface area contributed by atoms with Crippen molar-refractivity contribution in [3.63, 3.8) is 0 Å².